The first-order chi connectivity index (χ1) is 13.9. The number of fused-ring (bicyclic) bond motifs is 1. The van der Waals surface area contributed by atoms with Crippen LogP contribution in [0.15, 0.2) is 41.3 Å². The lowest BCUT2D eigenvalue weighted by atomic mass is 10.1. The van der Waals surface area contributed by atoms with E-state index in [1.807, 2.05) is 18.2 Å². The molecule has 2 aliphatic rings. The van der Waals surface area contributed by atoms with E-state index in [0.717, 1.165) is 48.6 Å². The molecule has 0 amide bonds. The van der Waals surface area contributed by atoms with E-state index < -0.39 is 14.9 Å². The number of nitro benzene ring substituents is 1. The quantitative estimate of drug-likeness (QED) is 0.570. The van der Waals surface area contributed by atoms with Gasteiger partial charge in [0, 0.05) is 25.2 Å². The van der Waals surface area contributed by atoms with Gasteiger partial charge in [0.05, 0.1) is 23.8 Å². The van der Waals surface area contributed by atoms with Crippen LogP contribution in [0.5, 0.6) is 5.75 Å². The second kappa shape index (κ2) is 7.64. The number of non-ortho nitro benzene ring substituents is 1. The van der Waals surface area contributed by atoms with E-state index >= 15 is 0 Å². The SMILES string of the molecule is COc1cccc2c1CCC2Nc1ccc([N+](=O)[O-])cc1S(=O)(=O)N1CCCC1. The minimum absolute atomic E-state index is 0.0371. The molecule has 1 aliphatic heterocycles. The number of benzene rings is 2. The fraction of sp³-hybridized carbons (Fsp3) is 0.400. The molecule has 154 valence electrons. The van der Waals surface area contributed by atoms with Crippen LogP contribution in [0, 0.1) is 10.1 Å². The zero-order valence-corrected chi connectivity index (χ0v) is 16.9. The summed E-state index contributed by atoms with van der Waals surface area (Å²) < 4.78 is 33.2. The van der Waals surface area contributed by atoms with Crippen LogP contribution in [0.4, 0.5) is 11.4 Å². The summed E-state index contributed by atoms with van der Waals surface area (Å²) in [5.41, 5.74) is 2.33. The number of ether oxygens (including phenoxy) is 1. The lowest BCUT2D eigenvalue weighted by Crippen LogP contribution is -2.28. The molecule has 2 aromatic carbocycles. The molecule has 4 rings (SSSR count). The third kappa shape index (κ3) is 3.56. The number of methoxy groups -OCH3 is 1. The highest BCUT2D eigenvalue weighted by molar-refractivity contribution is 7.89. The molecule has 1 unspecified atom stereocenters. The van der Waals surface area contributed by atoms with E-state index in [0.29, 0.717) is 18.8 Å². The van der Waals surface area contributed by atoms with Crippen LogP contribution in [-0.4, -0.2) is 37.8 Å². The lowest BCUT2D eigenvalue weighted by molar-refractivity contribution is -0.385. The molecular weight excluding hydrogens is 394 g/mol. The van der Waals surface area contributed by atoms with Gasteiger partial charge in [-0.2, -0.15) is 4.31 Å². The molecule has 1 fully saturated rings. The Labute approximate surface area is 169 Å². The highest BCUT2D eigenvalue weighted by atomic mass is 32.2. The summed E-state index contributed by atoms with van der Waals surface area (Å²) in [4.78, 5) is 10.7. The highest BCUT2D eigenvalue weighted by Crippen LogP contribution is 2.40. The number of hydrogen-bond acceptors (Lipinski definition) is 6. The van der Waals surface area contributed by atoms with Gasteiger partial charge in [-0.15, -0.1) is 0 Å². The zero-order valence-electron chi connectivity index (χ0n) is 16.1. The third-order valence-electron chi connectivity index (χ3n) is 5.64. The van der Waals surface area contributed by atoms with Gasteiger partial charge in [-0.1, -0.05) is 12.1 Å². The summed E-state index contributed by atoms with van der Waals surface area (Å²) in [6.45, 7) is 0.877. The van der Waals surface area contributed by atoms with Gasteiger partial charge in [-0.25, -0.2) is 8.42 Å². The first kappa shape index (κ1) is 19.7. The van der Waals surface area contributed by atoms with Gasteiger partial charge in [0.1, 0.15) is 10.6 Å². The molecule has 0 bridgehead atoms. The number of nitro groups is 1. The van der Waals surface area contributed by atoms with Crippen LogP contribution in [0.3, 0.4) is 0 Å². The Kier molecular flexibility index (Phi) is 5.18. The third-order valence-corrected chi connectivity index (χ3v) is 7.57. The van der Waals surface area contributed by atoms with Crippen LogP contribution in [0.1, 0.15) is 36.4 Å². The van der Waals surface area contributed by atoms with E-state index in [2.05, 4.69) is 5.32 Å². The number of nitrogens with one attached hydrogen (secondary N) is 1. The minimum Gasteiger partial charge on any atom is -0.496 e. The molecule has 0 spiro atoms. The Bertz CT molecular complexity index is 1050. The molecule has 1 N–H and O–H groups in total. The fourth-order valence-electron chi connectivity index (χ4n) is 4.17. The topological polar surface area (TPSA) is 102 Å². The minimum atomic E-state index is -3.82. The Morgan fingerprint density at radius 1 is 1.21 bits per heavy atom. The van der Waals surface area contributed by atoms with E-state index in [9.17, 15) is 18.5 Å². The first-order valence-corrected chi connectivity index (χ1v) is 11.1. The predicted octanol–water partition coefficient (Wildman–Crippen LogP) is 3.49. The summed E-state index contributed by atoms with van der Waals surface area (Å²) in [7, 11) is -2.18. The molecule has 9 heteroatoms. The van der Waals surface area contributed by atoms with Crippen molar-refractivity contribution in [2.45, 2.75) is 36.6 Å². The number of hydrogen-bond donors (Lipinski definition) is 1. The molecule has 0 radical (unpaired) electrons. The summed E-state index contributed by atoms with van der Waals surface area (Å²) in [5, 5.41) is 14.6. The van der Waals surface area contributed by atoms with Gasteiger partial charge < -0.3 is 10.1 Å². The predicted molar refractivity (Wildman–Crippen MR) is 109 cm³/mol. The average Bonchev–Trinajstić information content (AvgIpc) is 3.39. The molecule has 0 saturated carbocycles. The van der Waals surface area contributed by atoms with Crippen molar-refractivity contribution in [2.75, 3.05) is 25.5 Å². The summed E-state index contributed by atoms with van der Waals surface area (Å²) in [6.07, 6.45) is 3.20. The van der Waals surface area contributed by atoms with Crippen molar-refractivity contribution in [3.63, 3.8) is 0 Å². The molecular formula is C20H23N3O5S. The molecule has 1 heterocycles. The second-order valence-electron chi connectivity index (χ2n) is 7.31. The summed E-state index contributed by atoms with van der Waals surface area (Å²) in [6, 6.07) is 9.74. The van der Waals surface area contributed by atoms with Crippen LogP contribution in [0.2, 0.25) is 0 Å². The zero-order chi connectivity index (χ0) is 20.6. The number of sulfonamides is 1. The van der Waals surface area contributed by atoms with Crippen molar-refractivity contribution >= 4 is 21.4 Å². The van der Waals surface area contributed by atoms with E-state index in [1.165, 1.54) is 16.4 Å². The highest BCUT2D eigenvalue weighted by Gasteiger charge is 2.33. The van der Waals surface area contributed by atoms with Crippen LogP contribution in [0.25, 0.3) is 0 Å². The van der Waals surface area contributed by atoms with Crippen LogP contribution in [-0.2, 0) is 16.4 Å². The van der Waals surface area contributed by atoms with Gasteiger partial charge in [0.2, 0.25) is 10.0 Å². The normalized spacial score (nSPS) is 19.1. The van der Waals surface area contributed by atoms with Gasteiger partial charge in [-0.05, 0) is 48.9 Å². The van der Waals surface area contributed by atoms with Gasteiger partial charge in [0.25, 0.3) is 5.69 Å². The van der Waals surface area contributed by atoms with Crippen molar-refractivity contribution in [3.8, 4) is 5.75 Å². The maximum atomic E-state index is 13.2. The smallest absolute Gasteiger partial charge is 0.270 e. The van der Waals surface area contributed by atoms with Crippen molar-refractivity contribution in [2.24, 2.45) is 0 Å². The second-order valence-corrected chi connectivity index (χ2v) is 9.22. The molecule has 2 aromatic rings. The van der Waals surface area contributed by atoms with Crippen molar-refractivity contribution in [1.82, 2.24) is 4.31 Å². The van der Waals surface area contributed by atoms with Gasteiger partial charge in [-0.3, -0.25) is 10.1 Å². The molecule has 1 aliphatic carbocycles. The number of anilines is 1. The summed E-state index contributed by atoms with van der Waals surface area (Å²) in [5.74, 6) is 0.820. The number of rotatable bonds is 6. The standard InChI is InChI=1S/C20H23N3O5S/c1-28-19-6-4-5-15-16(19)8-10-17(15)21-18-9-7-14(23(24)25)13-20(18)29(26,27)22-11-2-3-12-22/h4-7,9,13,17,21H,2-3,8,10-12H2,1H3. The Morgan fingerprint density at radius 3 is 2.66 bits per heavy atom. The first-order valence-electron chi connectivity index (χ1n) is 9.62. The van der Waals surface area contributed by atoms with E-state index in [4.69, 9.17) is 4.74 Å². The van der Waals surface area contributed by atoms with Crippen molar-refractivity contribution < 1.29 is 18.1 Å². The molecule has 0 aromatic heterocycles. The van der Waals surface area contributed by atoms with E-state index in [1.54, 1.807) is 7.11 Å². The fourth-order valence-corrected chi connectivity index (χ4v) is 5.87. The molecule has 29 heavy (non-hydrogen) atoms. The summed E-state index contributed by atoms with van der Waals surface area (Å²) >= 11 is 0. The van der Waals surface area contributed by atoms with Crippen molar-refractivity contribution in [1.29, 1.82) is 0 Å². The molecule has 8 nitrogen and oxygen atoms in total. The van der Waals surface area contributed by atoms with E-state index in [-0.39, 0.29) is 16.6 Å². The molecule has 1 saturated heterocycles. The largest absolute Gasteiger partial charge is 0.496 e. The monoisotopic (exact) mass is 417 g/mol. The Balaban J connectivity index is 1.73. The van der Waals surface area contributed by atoms with Crippen LogP contribution >= 0.6 is 0 Å². The van der Waals surface area contributed by atoms with Crippen LogP contribution < -0.4 is 10.1 Å². The average molecular weight is 417 g/mol. The Morgan fingerprint density at radius 2 is 1.97 bits per heavy atom. The van der Waals surface area contributed by atoms with Gasteiger partial charge >= 0.3 is 0 Å². The number of nitrogens with zero attached hydrogens (tertiary/aromatic N) is 2. The molecule has 1 atom stereocenters. The Hall–Kier alpha value is -2.65. The lowest BCUT2D eigenvalue weighted by Gasteiger charge is -2.21. The van der Waals surface area contributed by atoms with Crippen molar-refractivity contribution in [3.05, 3.63) is 57.6 Å². The van der Waals surface area contributed by atoms with Gasteiger partial charge in [0.15, 0.2) is 0 Å². The maximum Gasteiger partial charge on any atom is 0.270 e. The maximum absolute atomic E-state index is 13.2.